The third kappa shape index (κ3) is 3.14. The number of rotatable bonds is 2. The van der Waals surface area contributed by atoms with Crippen molar-refractivity contribution in [3.63, 3.8) is 0 Å². The van der Waals surface area contributed by atoms with Gasteiger partial charge in [0.05, 0.1) is 5.52 Å². The summed E-state index contributed by atoms with van der Waals surface area (Å²) in [7, 11) is 0. The minimum Gasteiger partial charge on any atom is -0.310 e. The molecule has 0 aliphatic carbocycles. The predicted molar refractivity (Wildman–Crippen MR) is 96.4 cm³/mol. The van der Waals surface area contributed by atoms with Gasteiger partial charge in [0.15, 0.2) is 0 Å². The van der Waals surface area contributed by atoms with E-state index < -0.39 is 0 Å². The zero-order valence-corrected chi connectivity index (χ0v) is 14.3. The monoisotopic (exact) mass is 367 g/mol. The van der Waals surface area contributed by atoms with E-state index in [1.54, 1.807) is 0 Å². The molecule has 3 nitrogen and oxygen atoms in total. The molecule has 23 heavy (non-hydrogen) atoms. The summed E-state index contributed by atoms with van der Waals surface area (Å²) in [5, 5.41) is 4.73. The third-order valence-electron chi connectivity index (χ3n) is 4.53. The highest BCUT2D eigenvalue weighted by Gasteiger charge is 2.26. The summed E-state index contributed by atoms with van der Waals surface area (Å²) in [5.74, 6) is 1.38. The fourth-order valence-electron chi connectivity index (χ4n) is 3.31. The van der Waals surface area contributed by atoms with Gasteiger partial charge in [-0.25, -0.2) is 9.97 Å². The van der Waals surface area contributed by atoms with Crippen LogP contribution in [0.3, 0.4) is 0 Å². The number of halogens is 1. The number of benzene rings is 2. The Hall–Kier alpha value is -1.78. The summed E-state index contributed by atoms with van der Waals surface area (Å²) in [6, 6.07) is 17.1. The molecule has 1 aliphatic heterocycles. The maximum atomic E-state index is 4.80. The van der Waals surface area contributed by atoms with Crippen molar-refractivity contribution in [1.82, 2.24) is 15.3 Å². The van der Waals surface area contributed by atoms with Crippen LogP contribution in [0.1, 0.15) is 36.2 Å². The second-order valence-corrected chi connectivity index (χ2v) is 6.99. The SMILES string of the molecule is Brc1cccc(C2CC(c3ncc4ccccc4n3)CCN2)c1. The van der Waals surface area contributed by atoms with E-state index in [4.69, 9.17) is 4.98 Å². The van der Waals surface area contributed by atoms with Gasteiger partial charge in [-0.3, -0.25) is 0 Å². The van der Waals surface area contributed by atoms with Crippen molar-refractivity contribution in [2.45, 2.75) is 24.8 Å². The third-order valence-corrected chi connectivity index (χ3v) is 5.02. The molecule has 0 amide bonds. The normalized spacial score (nSPS) is 21.4. The van der Waals surface area contributed by atoms with Gasteiger partial charge in [0, 0.05) is 28.0 Å². The Bertz CT molecular complexity index is 833. The van der Waals surface area contributed by atoms with E-state index in [1.165, 1.54) is 5.56 Å². The minimum atomic E-state index is 0.362. The molecule has 2 heterocycles. The van der Waals surface area contributed by atoms with Gasteiger partial charge >= 0.3 is 0 Å². The first-order valence-electron chi connectivity index (χ1n) is 8.00. The van der Waals surface area contributed by atoms with E-state index in [0.29, 0.717) is 12.0 Å². The predicted octanol–water partition coefficient (Wildman–Crippen LogP) is 4.60. The van der Waals surface area contributed by atoms with Crippen LogP contribution < -0.4 is 5.32 Å². The van der Waals surface area contributed by atoms with Crippen LogP contribution in [0.15, 0.2) is 59.2 Å². The van der Waals surface area contributed by atoms with E-state index >= 15 is 0 Å². The lowest BCUT2D eigenvalue weighted by atomic mass is 9.88. The van der Waals surface area contributed by atoms with Gasteiger partial charge in [0.1, 0.15) is 5.82 Å². The van der Waals surface area contributed by atoms with Crippen LogP contribution in [0.25, 0.3) is 10.9 Å². The molecule has 2 atom stereocenters. The molecule has 2 aromatic carbocycles. The molecule has 1 N–H and O–H groups in total. The Labute approximate surface area is 144 Å². The molecular formula is C19H18BrN3. The van der Waals surface area contributed by atoms with Crippen LogP contribution in [0.2, 0.25) is 0 Å². The fraction of sp³-hybridized carbons (Fsp3) is 0.263. The lowest BCUT2D eigenvalue weighted by Crippen LogP contribution is -2.31. The van der Waals surface area contributed by atoms with Crippen molar-refractivity contribution in [1.29, 1.82) is 0 Å². The molecular weight excluding hydrogens is 350 g/mol. The van der Waals surface area contributed by atoms with Crippen molar-refractivity contribution in [2.75, 3.05) is 6.54 Å². The second kappa shape index (κ2) is 6.38. The Balaban J connectivity index is 1.60. The average molecular weight is 368 g/mol. The summed E-state index contributed by atoms with van der Waals surface area (Å²) in [6.45, 7) is 0.998. The molecule has 1 saturated heterocycles. The number of nitrogens with zero attached hydrogens (tertiary/aromatic N) is 2. The summed E-state index contributed by atoms with van der Waals surface area (Å²) in [6.07, 6.45) is 4.07. The standard InChI is InChI=1S/C19H18BrN3/c20-16-6-3-5-13(10-16)18-11-14(8-9-21-18)19-22-12-15-4-1-2-7-17(15)23-19/h1-7,10,12,14,18,21H,8-9,11H2. The minimum absolute atomic E-state index is 0.362. The zero-order valence-electron chi connectivity index (χ0n) is 12.7. The Morgan fingerprint density at radius 1 is 1.09 bits per heavy atom. The van der Waals surface area contributed by atoms with Crippen LogP contribution in [-0.2, 0) is 0 Å². The van der Waals surface area contributed by atoms with Crippen LogP contribution in [0, 0.1) is 0 Å². The molecule has 0 spiro atoms. The van der Waals surface area contributed by atoms with Crippen molar-refractivity contribution in [3.8, 4) is 0 Å². The topological polar surface area (TPSA) is 37.8 Å². The summed E-state index contributed by atoms with van der Waals surface area (Å²) in [5.41, 5.74) is 2.36. The smallest absolute Gasteiger partial charge is 0.132 e. The highest BCUT2D eigenvalue weighted by Crippen LogP contribution is 2.33. The summed E-state index contributed by atoms with van der Waals surface area (Å²) in [4.78, 5) is 9.42. The molecule has 1 aliphatic rings. The van der Waals surface area contributed by atoms with Gasteiger partial charge in [-0.1, -0.05) is 46.3 Å². The van der Waals surface area contributed by atoms with E-state index in [1.807, 2.05) is 18.3 Å². The first kappa shape index (κ1) is 14.8. The molecule has 116 valence electrons. The van der Waals surface area contributed by atoms with Gasteiger partial charge in [-0.2, -0.15) is 0 Å². The molecule has 4 heteroatoms. The molecule has 0 saturated carbocycles. The van der Waals surface area contributed by atoms with E-state index in [-0.39, 0.29) is 0 Å². The average Bonchev–Trinajstić information content (AvgIpc) is 2.61. The molecule has 0 radical (unpaired) electrons. The first-order chi connectivity index (χ1) is 11.3. The number of nitrogens with one attached hydrogen (secondary N) is 1. The fourth-order valence-corrected chi connectivity index (χ4v) is 3.73. The number of piperidine rings is 1. The van der Waals surface area contributed by atoms with E-state index in [0.717, 1.165) is 40.6 Å². The van der Waals surface area contributed by atoms with Gasteiger partial charge in [0.2, 0.25) is 0 Å². The number of fused-ring (bicyclic) bond motifs is 1. The highest BCUT2D eigenvalue weighted by molar-refractivity contribution is 9.10. The van der Waals surface area contributed by atoms with Crippen LogP contribution in [0.5, 0.6) is 0 Å². The number of para-hydroxylation sites is 1. The molecule has 2 unspecified atom stereocenters. The largest absolute Gasteiger partial charge is 0.310 e. The van der Waals surface area contributed by atoms with Gasteiger partial charge < -0.3 is 5.32 Å². The Kier molecular flexibility index (Phi) is 4.10. The van der Waals surface area contributed by atoms with Gasteiger partial charge in [-0.15, -0.1) is 0 Å². The maximum Gasteiger partial charge on any atom is 0.132 e. The van der Waals surface area contributed by atoms with Gasteiger partial charge in [-0.05, 0) is 43.1 Å². The highest BCUT2D eigenvalue weighted by atomic mass is 79.9. The number of hydrogen-bond donors (Lipinski definition) is 1. The van der Waals surface area contributed by atoms with Crippen LogP contribution in [-0.4, -0.2) is 16.5 Å². The van der Waals surface area contributed by atoms with Crippen LogP contribution in [0.4, 0.5) is 0 Å². The Morgan fingerprint density at radius 3 is 2.91 bits per heavy atom. The van der Waals surface area contributed by atoms with E-state index in [9.17, 15) is 0 Å². The first-order valence-corrected chi connectivity index (χ1v) is 8.79. The molecule has 3 aromatic rings. The van der Waals surface area contributed by atoms with Crippen LogP contribution >= 0.6 is 15.9 Å². The lowest BCUT2D eigenvalue weighted by Gasteiger charge is -2.30. The summed E-state index contributed by atoms with van der Waals surface area (Å²) < 4.78 is 1.13. The number of aromatic nitrogens is 2. The molecule has 0 bridgehead atoms. The maximum absolute atomic E-state index is 4.80. The number of hydrogen-bond acceptors (Lipinski definition) is 3. The zero-order chi connectivity index (χ0) is 15.6. The van der Waals surface area contributed by atoms with Crippen molar-refractivity contribution in [2.24, 2.45) is 0 Å². The van der Waals surface area contributed by atoms with Crippen molar-refractivity contribution >= 4 is 26.8 Å². The van der Waals surface area contributed by atoms with E-state index in [2.05, 4.69) is 62.6 Å². The van der Waals surface area contributed by atoms with Crippen molar-refractivity contribution in [3.05, 3.63) is 70.6 Å². The molecule has 4 rings (SSSR count). The molecule has 1 aromatic heterocycles. The molecule has 1 fully saturated rings. The lowest BCUT2D eigenvalue weighted by molar-refractivity contribution is 0.360. The quantitative estimate of drug-likeness (QED) is 0.718. The summed E-state index contributed by atoms with van der Waals surface area (Å²) >= 11 is 3.56. The Morgan fingerprint density at radius 2 is 2.00 bits per heavy atom. The van der Waals surface area contributed by atoms with Crippen molar-refractivity contribution < 1.29 is 0 Å². The second-order valence-electron chi connectivity index (χ2n) is 6.07. The van der Waals surface area contributed by atoms with Gasteiger partial charge in [0.25, 0.3) is 0 Å².